The van der Waals surface area contributed by atoms with Crippen molar-refractivity contribution in [3.8, 4) is 44.5 Å². The van der Waals surface area contributed by atoms with Crippen molar-refractivity contribution in [2.24, 2.45) is 0 Å². The Hall–Kier alpha value is -7.62. The van der Waals surface area contributed by atoms with Gasteiger partial charge in [0.2, 0.25) is 0 Å². The maximum atomic E-state index is 6.76. The van der Waals surface area contributed by atoms with E-state index < -0.39 is 0 Å². The zero-order valence-corrected chi connectivity index (χ0v) is 31.0. The number of furan rings is 2. The third kappa shape index (κ3) is 5.76. The molecular weight excluding hydrogens is 695 g/mol. The third-order valence-electron chi connectivity index (χ3n) is 11.1. The maximum absolute atomic E-state index is 6.76. The Morgan fingerprint density at radius 3 is 1.42 bits per heavy atom. The molecule has 11 aromatic rings. The van der Waals surface area contributed by atoms with Crippen molar-refractivity contribution in [3.05, 3.63) is 212 Å². The van der Waals surface area contributed by atoms with Crippen LogP contribution in [-0.2, 0) is 0 Å². The molecular formula is C54H35NO2. The Morgan fingerprint density at radius 2 is 0.737 bits per heavy atom. The Morgan fingerprint density at radius 1 is 0.263 bits per heavy atom. The molecule has 0 spiro atoms. The summed E-state index contributed by atoms with van der Waals surface area (Å²) in [6.45, 7) is 0. The molecule has 0 saturated carbocycles. The molecule has 0 N–H and O–H groups in total. The number of para-hydroxylation sites is 3. The molecule has 0 aliphatic carbocycles. The van der Waals surface area contributed by atoms with Crippen molar-refractivity contribution in [2.75, 3.05) is 4.90 Å². The fraction of sp³-hybridized carbons (Fsp3) is 0. The molecule has 0 aliphatic heterocycles. The molecule has 2 aromatic heterocycles. The summed E-state index contributed by atoms with van der Waals surface area (Å²) in [6.07, 6.45) is 0. The van der Waals surface area contributed by atoms with E-state index in [0.29, 0.717) is 0 Å². The van der Waals surface area contributed by atoms with Gasteiger partial charge in [0.1, 0.15) is 22.3 Å². The minimum Gasteiger partial charge on any atom is -0.456 e. The van der Waals surface area contributed by atoms with Gasteiger partial charge in [0.05, 0.1) is 0 Å². The van der Waals surface area contributed by atoms with Gasteiger partial charge in [0.15, 0.2) is 0 Å². The zero-order valence-electron chi connectivity index (χ0n) is 31.0. The van der Waals surface area contributed by atoms with Crippen LogP contribution in [0.4, 0.5) is 17.1 Å². The average Bonchev–Trinajstić information content (AvgIpc) is 3.86. The molecule has 0 fully saturated rings. The van der Waals surface area contributed by atoms with Crippen molar-refractivity contribution >= 4 is 60.9 Å². The number of nitrogens with zero attached hydrogens (tertiary/aromatic N) is 1. The lowest BCUT2D eigenvalue weighted by atomic mass is 9.97. The SMILES string of the molecule is c1ccc(-c2ccc(N(c3ccc(-c4cccc(-c5cccc6c5oc5c(-c7ccccc7)cccc56)c4)cc3)c3ccc4c(c3)oc3ccccc34)cc2)cc1. The van der Waals surface area contributed by atoms with Gasteiger partial charge < -0.3 is 13.7 Å². The van der Waals surface area contributed by atoms with Crippen LogP contribution < -0.4 is 4.90 Å². The maximum Gasteiger partial charge on any atom is 0.143 e. The van der Waals surface area contributed by atoms with E-state index >= 15 is 0 Å². The van der Waals surface area contributed by atoms with Gasteiger partial charge in [-0.3, -0.25) is 0 Å². The first kappa shape index (κ1) is 32.8. The van der Waals surface area contributed by atoms with E-state index in [9.17, 15) is 0 Å². The van der Waals surface area contributed by atoms with Crippen LogP contribution in [0.25, 0.3) is 88.4 Å². The Balaban J connectivity index is 0.973. The molecule has 0 saturated heterocycles. The van der Waals surface area contributed by atoms with Gasteiger partial charge in [-0.15, -0.1) is 0 Å². The number of anilines is 3. The highest BCUT2D eigenvalue weighted by Crippen LogP contribution is 2.42. The molecule has 9 aromatic carbocycles. The Labute approximate surface area is 330 Å². The quantitative estimate of drug-likeness (QED) is 0.164. The summed E-state index contributed by atoms with van der Waals surface area (Å²) in [6, 6.07) is 75.0. The summed E-state index contributed by atoms with van der Waals surface area (Å²) in [7, 11) is 0. The summed E-state index contributed by atoms with van der Waals surface area (Å²) in [5, 5.41) is 4.48. The lowest BCUT2D eigenvalue weighted by Gasteiger charge is -2.26. The van der Waals surface area contributed by atoms with Gasteiger partial charge in [-0.1, -0.05) is 158 Å². The van der Waals surface area contributed by atoms with Crippen molar-refractivity contribution in [1.82, 2.24) is 0 Å². The van der Waals surface area contributed by atoms with Gasteiger partial charge in [-0.05, 0) is 81.9 Å². The molecule has 57 heavy (non-hydrogen) atoms. The van der Waals surface area contributed by atoms with Crippen LogP contribution in [-0.4, -0.2) is 0 Å². The molecule has 3 heteroatoms. The van der Waals surface area contributed by atoms with Gasteiger partial charge in [-0.2, -0.15) is 0 Å². The largest absolute Gasteiger partial charge is 0.456 e. The van der Waals surface area contributed by atoms with Crippen LogP contribution in [0.1, 0.15) is 0 Å². The second kappa shape index (κ2) is 13.6. The highest BCUT2D eigenvalue weighted by atomic mass is 16.3. The lowest BCUT2D eigenvalue weighted by Crippen LogP contribution is -2.09. The van der Waals surface area contributed by atoms with Crippen LogP contribution in [0.3, 0.4) is 0 Å². The molecule has 268 valence electrons. The molecule has 0 atom stereocenters. The molecule has 0 bridgehead atoms. The number of rotatable bonds is 7. The van der Waals surface area contributed by atoms with Gasteiger partial charge in [0, 0.05) is 55.8 Å². The van der Waals surface area contributed by atoms with E-state index in [4.69, 9.17) is 8.83 Å². The Kier molecular flexibility index (Phi) is 7.82. The second-order valence-electron chi connectivity index (χ2n) is 14.5. The Bertz CT molecular complexity index is 3210. The predicted octanol–water partition coefficient (Wildman–Crippen LogP) is 15.6. The fourth-order valence-electron chi connectivity index (χ4n) is 8.30. The van der Waals surface area contributed by atoms with E-state index in [1.165, 1.54) is 11.1 Å². The highest BCUT2D eigenvalue weighted by Gasteiger charge is 2.18. The zero-order chi connectivity index (χ0) is 37.7. The first-order valence-corrected chi connectivity index (χ1v) is 19.3. The summed E-state index contributed by atoms with van der Waals surface area (Å²) in [5.74, 6) is 0. The second-order valence-corrected chi connectivity index (χ2v) is 14.5. The van der Waals surface area contributed by atoms with Gasteiger partial charge >= 0.3 is 0 Å². The molecule has 0 radical (unpaired) electrons. The molecule has 0 aliphatic rings. The van der Waals surface area contributed by atoms with Gasteiger partial charge in [-0.25, -0.2) is 0 Å². The minimum atomic E-state index is 0.865. The predicted molar refractivity (Wildman–Crippen MR) is 237 cm³/mol. The van der Waals surface area contributed by atoms with Crippen LogP contribution in [0, 0.1) is 0 Å². The number of benzene rings is 9. The van der Waals surface area contributed by atoms with Crippen LogP contribution in [0.15, 0.2) is 221 Å². The molecule has 0 amide bonds. The molecule has 11 rings (SSSR count). The first-order chi connectivity index (χ1) is 28.2. The van der Waals surface area contributed by atoms with E-state index in [0.717, 1.165) is 94.3 Å². The lowest BCUT2D eigenvalue weighted by molar-refractivity contribution is 0.669. The van der Waals surface area contributed by atoms with E-state index in [-0.39, 0.29) is 0 Å². The van der Waals surface area contributed by atoms with E-state index in [1.54, 1.807) is 0 Å². The fourth-order valence-corrected chi connectivity index (χ4v) is 8.30. The summed E-state index contributed by atoms with van der Waals surface area (Å²) in [5.41, 5.74) is 15.8. The standard InChI is InChI=1S/C54H35NO2/c1-3-12-36(13-4-1)37-24-28-42(29-25-37)55(44-32-33-48-47-18-7-8-23-51(47)56-52(48)35-44)43-30-26-38(27-31-43)40-16-9-17-41(34-40)46-20-11-22-50-49-21-10-19-45(53(49)57-54(46)50)39-14-5-2-6-15-39/h1-35H. The number of fused-ring (bicyclic) bond motifs is 6. The normalized spacial score (nSPS) is 11.5. The summed E-state index contributed by atoms with van der Waals surface area (Å²) < 4.78 is 13.1. The van der Waals surface area contributed by atoms with Crippen LogP contribution >= 0.6 is 0 Å². The topological polar surface area (TPSA) is 29.5 Å². The molecule has 3 nitrogen and oxygen atoms in total. The van der Waals surface area contributed by atoms with Crippen LogP contribution in [0.5, 0.6) is 0 Å². The third-order valence-corrected chi connectivity index (χ3v) is 11.1. The smallest absolute Gasteiger partial charge is 0.143 e. The average molecular weight is 730 g/mol. The van der Waals surface area contributed by atoms with Crippen molar-refractivity contribution in [1.29, 1.82) is 0 Å². The van der Waals surface area contributed by atoms with Crippen molar-refractivity contribution in [3.63, 3.8) is 0 Å². The number of hydrogen-bond donors (Lipinski definition) is 0. The monoisotopic (exact) mass is 729 g/mol. The number of hydrogen-bond acceptors (Lipinski definition) is 3. The molecule has 0 unspecified atom stereocenters. The van der Waals surface area contributed by atoms with E-state index in [2.05, 4.69) is 199 Å². The minimum absolute atomic E-state index is 0.865. The first-order valence-electron chi connectivity index (χ1n) is 19.3. The van der Waals surface area contributed by atoms with Crippen LogP contribution in [0.2, 0.25) is 0 Å². The van der Waals surface area contributed by atoms with Crippen molar-refractivity contribution in [2.45, 2.75) is 0 Å². The van der Waals surface area contributed by atoms with Gasteiger partial charge in [0.25, 0.3) is 0 Å². The highest BCUT2D eigenvalue weighted by molar-refractivity contribution is 6.13. The summed E-state index contributed by atoms with van der Waals surface area (Å²) in [4.78, 5) is 2.30. The summed E-state index contributed by atoms with van der Waals surface area (Å²) >= 11 is 0. The molecule has 2 heterocycles. The van der Waals surface area contributed by atoms with Crippen molar-refractivity contribution < 1.29 is 8.83 Å². The van der Waals surface area contributed by atoms with E-state index in [1.807, 2.05) is 18.2 Å².